The highest BCUT2D eigenvalue weighted by Gasteiger charge is 2.34. The lowest BCUT2D eigenvalue weighted by molar-refractivity contribution is -0.137. The smallest absolute Gasteiger partial charge is 0.294 e. The van der Waals surface area contributed by atoms with Crippen molar-refractivity contribution in [1.82, 2.24) is 4.98 Å². The fourth-order valence-electron chi connectivity index (χ4n) is 3.43. The van der Waals surface area contributed by atoms with E-state index in [0.717, 1.165) is 28.8 Å². The molecule has 0 radical (unpaired) electrons. The molecule has 1 aliphatic heterocycles. The monoisotopic (exact) mass is 488 g/mol. The van der Waals surface area contributed by atoms with Gasteiger partial charge in [-0.25, -0.2) is 4.98 Å². The van der Waals surface area contributed by atoms with Crippen LogP contribution in [0.4, 0.5) is 13.2 Å². The number of hydrogen-bond acceptors (Lipinski definition) is 5. The summed E-state index contributed by atoms with van der Waals surface area (Å²) in [6.07, 6.45) is -2.40. The summed E-state index contributed by atoms with van der Waals surface area (Å²) in [5, 5.41) is 1.27. The van der Waals surface area contributed by atoms with Gasteiger partial charge in [-0.3, -0.25) is 14.6 Å². The van der Waals surface area contributed by atoms with Crippen LogP contribution in [0.15, 0.2) is 64.5 Å². The van der Waals surface area contributed by atoms with E-state index < -0.39 is 22.5 Å². The number of aliphatic imine (C=N–C) groups is 1. The SMILES string of the molecule is O=C(CC1=NC=C(c2ccc(CC(=O)c3cscn3)cc2)C1)c1ccc(Cl)c(C(F)(F)F)c1. The number of nitrogens with zero attached hydrogens (tertiary/aromatic N) is 2. The molecular weight excluding hydrogens is 473 g/mol. The Balaban J connectivity index is 1.36. The second kappa shape index (κ2) is 9.41. The second-order valence-corrected chi connectivity index (χ2v) is 8.62. The number of hydrogen-bond donors (Lipinski definition) is 0. The number of rotatable bonds is 7. The van der Waals surface area contributed by atoms with Crippen molar-refractivity contribution in [3.63, 3.8) is 0 Å². The molecule has 4 nitrogen and oxygen atoms in total. The van der Waals surface area contributed by atoms with Gasteiger partial charge in [-0.15, -0.1) is 11.3 Å². The van der Waals surface area contributed by atoms with Crippen molar-refractivity contribution in [1.29, 1.82) is 0 Å². The summed E-state index contributed by atoms with van der Waals surface area (Å²) in [6.45, 7) is 0. The van der Waals surface area contributed by atoms with Crippen molar-refractivity contribution < 1.29 is 22.8 Å². The highest BCUT2D eigenvalue weighted by atomic mass is 35.5. The molecule has 0 fully saturated rings. The van der Waals surface area contributed by atoms with Crippen LogP contribution in [0.3, 0.4) is 0 Å². The van der Waals surface area contributed by atoms with Crippen LogP contribution >= 0.6 is 22.9 Å². The van der Waals surface area contributed by atoms with Gasteiger partial charge in [-0.1, -0.05) is 35.9 Å². The zero-order chi connectivity index (χ0) is 23.6. The maximum Gasteiger partial charge on any atom is 0.417 e. The molecule has 2 heterocycles. The fourth-order valence-corrected chi connectivity index (χ4v) is 4.21. The molecule has 9 heteroatoms. The number of Topliss-reactive ketones (excluding diaryl/α,β-unsaturated/α-hetero) is 2. The lowest BCUT2D eigenvalue weighted by Gasteiger charge is -2.10. The Kier molecular flexibility index (Phi) is 6.58. The summed E-state index contributed by atoms with van der Waals surface area (Å²) < 4.78 is 39.2. The molecule has 4 rings (SSSR count). The highest BCUT2D eigenvalue weighted by molar-refractivity contribution is 7.07. The number of benzene rings is 2. The van der Waals surface area contributed by atoms with Gasteiger partial charge in [0.2, 0.25) is 0 Å². The van der Waals surface area contributed by atoms with Crippen LogP contribution < -0.4 is 0 Å². The van der Waals surface area contributed by atoms with E-state index in [4.69, 9.17) is 11.6 Å². The Hall–Kier alpha value is -3.10. The minimum absolute atomic E-state index is 0.0518. The number of carbonyl (C=O) groups excluding carboxylic acids is 2. The molecule has 168 valence electrons. The number of alkyl halides is 3. The zero-order valence-electron chi connectivity index (χ0n) is 17.0. The number of carbonyl (C=O) groups is 2. The van der Waals surface area contributed by atoms with Gasteiger partial charge >= 0.3 is 6.18 Å². The van der Waals surface area contributed by atoms with Crippen molar-refractivity contribution in [2.75, 3.05) is 0 Å². The molecule has 0 spiro atoms. The molecule has 0 atom stereocenters. The summed E-state index contributed by atoms with van der Waals surface area (Å²) in [5.41, 5.74) is 4.20. The van der Waals surface area contributed by atoms with Gasteiger partial charge in [-0.2, -0.15) is 13.2 Å². The van der Waals surface area contributed by atoms with E-state index in [2.05, 4.69) is 9.98 Å². The lowest BCUT2D eigenvalue weighted by atomic mass is 9.97. The quantitative estimate of drug-likeness (QED) is 0.348. The van der Waals surface area contributed by atoms with Crippen LogP contribution in [-0.4, -0.2) is 22.3 Å². The van der Waals surface area contributed by atoms with Crippen LogP contribution in [-0.2, 0) is 12.6 Å². The molecule has 2 aromatic carbocycles. The van der Waals surface area contributed by atoms with Crippen LogP contribution in [0, 0.1) is 0 Å². The van der Waals surface area contributed by atoms with Crippen LogP contribution in [0.25, 0.3) is 5.57 Å². The molecule has 0 N–H and O–H groups in total. The van der Waals surface area contributed by atoms with E-state index in [9.17, 15) is 22.8 Å². The third kappa shape index (κ3) is 5.46. The molecule has 3 aromatic rings. The van der Waals surface area contributed by atoms with E-state index in [1.165, 1.54) is 17.4 Å². The van der Waals surface area contributed by atoms with Crippen molar-refractivity contribution in [3.8, 4) is 0 Å². The first kappa shape index (κ1) is 23.1. The van der Waals surface area contributed by atoms with Gasteiger partial charge < -0.3 is 0 Å². The van der Waals surface area contributed by atoms with Crippen LogP contribution in [0.2, 0.25) is 5.02 Å². The zero-order valence-corrected chi connectivity index (χ0v) is 18.6. The Morgan fingerprint density at radius 3 is 2.45 bits per heavy atom. The largest absolute Gasteiger partial charge is 0.417 e. The Labute approximate surface area is 196 Å². The maximum atomic E-state index is 13.1. The van der Waals surface area contributed by atoms with Crippen molar-refractivity contribution in [2.45, 2.75) is 25.4 Å². The number of halogens is 4. The molecule has 0 aliphatic carbocycles. The van der Waals surface area contributed by atoms with Gasteiger partial charge in [-0.05, 0) is 34.9 Å². The van der Waals surface area contributed by atoms with Crippen molar-refractivity contribution >= 4 is 45.8 Å². The maximum absolute atomic E-state index is 13.1. The third-order valence-electron chi connectivity index (χ3n) is 5.16. The standard InChI is InChI=1S/C24H16ClF3N2O2S/c25-20-6-5-16(9-19(20)24(26,27)28)22(31)10-18-8-17(11-29-18)15-3-1-14(2-4-15)7-23(32)21-12-33-13-30-21/h1-6,9,11-13H,7-8,10H2. The normalized spacial score (nSPS) is 13.6. The predicted molar refractivity (Wildman–Crippen MR) is 122 cm³/mol. The number of aromatic nitrogens is 1. The average molecular weight is 489 g/mol. The Morgan fingerprint density at radius 1 is 1.03 bits per heavy atom. The molecule has 0 saturated carbocycles. The number of allylic oxidation sites excluding steroid dienone is 1. The first-order chi connectivity index (χ1) is 15.7. The van der Waals surface area contributed by atoms with Gasteiger partial charge in [0.25, 0.3) is 0 Å². The van der Waals surface area contributed by atoms with E-state index in [1.807, 2.05) is 24.3 Å². The molecule has 0 saturated heterocycles. The number of thiazole rings is 1. The molecule has 1 aromatic heterocycles. The first-order valence-electron chi connectivity index (χ1n) is 9.86. The van der Waals surface area contributed by atoms with E-state index in [0.29, 0.717) is 17.8 Å². The highest BCUT2D eigenvalue weighted by Crippen LogP contribution is 2.35. The first-order valence-corrected chi connectivity index (χ1v) is 11.2. The van der Waals surface area contributed by atoms with Gasteiger partial charge in [0, 0.05) is 42.1 Å². The van der Waals surface area contributed by atoms with Gasteiger partial charge in [0.1, 0.15) is 5.69 Å². The molecule has 33 heavy (non-hydrogen) atoms. The average Bonchev–Trinajstić information content (AvgIpc) is 3.46. The summed E-state index contributed by atoms with van der Waals surface area (Å²) in [5.74, 6) is -0.509. The van der Waals surface area contributed by atoms with Crippen LogP contribution in [0.1, 0.15) is 50.4 Å². The van der Waals surface area contributed by atoms with E-state index in [1.54, 1.807) is 17.1 Å². The predicted octanol–water partition coefficient (Wildman–Crippen LogP) is 6.70. The Bertz CT molecular complexity index is 1260. The summed E-state index contributed by atoms with van der Waals surface area (Å²) in [4.78, 5) is 33.0. The summed E-state index contributed by atoms with van der Waals surface area (Å²) in [7, 11) is 0. The number of ketones is 2. The minimum Gasteiger partial charge on any atom is -0.294 e. The molecule has 0 bridgehead atoms. The van der Waals surface area contributed by atoms with Crippen LogP contribution in [0.5, 0.6) is 0 Å². The van der Waals surface area contributed by atoms with Crippen molar-refractivity contribution in [2.24, 2.45) is 4.99 Å². The lowest BCUT2D eigenvalue weighted by Crippen LogP contribution is -2.11. The van der Waals surface area contributed by atoms with Crippen molar-refractivity contribution in [3.05, 3.63) is 92.5 Å². The molecule has 0 unspecified atom stereocenters. The molecule has 1 aliphatic rings. The summed E-state index contributed by atoms with van der Waals surface area (Å²) >= 11 is 6.99. The topological polar surface area (TPSA) is 59.4 Å². The molecule has 0 amide bonds. The van der Waals surface area contributed by atoms with Gasteiger partial charge in [0.15, 0.2) is 11.6 Å². The minimum atomic E-state index is -4.63. The second-order valence-electron chi connectivity index (χ2n) is 7.49. The summed E-state index contributed by atoms with van der Waals surface area (Å²) in [6, 6.07) is 10.6. The Morgan fingerprint density at radius 2 is 1.79 bits per heavy atom. The van der Waals surface area contributed by atoms with Gasteiger partial charge in [0.05, 0.1) is 16.1 Å². The van der Waals surface area contributed by atoms with E-state index in [-0.39, 0.29) is 24.2 Å². The third-order valence-corrected chi connectivity index (χ3v) is 6.08. The van der Waals surface area contributed by atoms with E-state index >= 15 is 0 Å². The fraction of sp³-hybridized carbons (Fsp3) is 0.167. The molecular formula is C24H16ClF3N2O2S.